The van der Waals surface area contributed by atoms with Gasteiger partial charge in [0.1, 0.15) is 0 Å². The molecule has 0 aromatic carbocycles. The Kier molecular flexibility index (Phi) is 12.8. The molecular formula is C17H33IN4S. The Labute approximate surface area is 163 Å². The first-order valence-corrected chi connectivity index (χ1v) is 9.27. The molecule has 1 aromatic heterocycles. The zero-order valence-electron chi connectivity index (χ0n) is 15.2. The third kappa shape index (κ3) is 10.9. The lowest BCUT2D eigenvalue weighted by molar-refractivity contribution is 0.491. The van der Waals surface area contributed by atoms with Crippen molar-refractivity contribution < 1.29 is 0 Å². The van der Waals surface area contributed by atoms with Crippen LogP contribution < -0.4 is 10.6 Å². The van der Waals surface area contributed by atoms with Crippen molar-refractivity contribution in [3.63, 3.8) is 0 Å². The van der Waals surface area contributed by atoms with Gasteiger partial charge >= 0.3 is 0 Å². The smallest absolute Gasteiger partial charge is 0.191 e. The topological polar surface area (TPSA) is 49.3 Å². The van der Waals surface area contributed by atoms with Gasteiger partial charge in [0.2, 0.25) is 0 Å². The molecule has 0 amide bonds. The first kappa shape index (κ1) is 22.6. The molecule has 0 saturated heterocycles. The van der Waals surface area contributed by atoms with Crippen LogP contribution >= 0.6 is 35.3 Å². The number of aryl methyl sites for hydroxylation is 2. The van der Waals surface area contributed by atoms with Crippen molar-refractivity contribution in [1.82, 2.24) is 15.6 Å². The highest BCUT2D eigenvalue weighted by Crippen LogP contribution is 2.10. The molecule has 4 nitrogen and oxygen atoms in total. The fourth-order valence-electron chi connectivity index (χ4n) is 2.30. The van der Waals surface area contributed by atoms with Crippen LogP contribution in [0.3, 0.4) is 0 Å². The average molecular weight is 452 g/mol. The van der Waals surface area contributed by atoms with Crippen LogP contribution in [0.2, 0.25) is 0 Å². The van der Waals surface area contributed by atoms with Crippen LogP contribution in [0.4, 0.5) is 0 Å². The monoisotopic (exact) mass is 452 g/mol. The molecule has 0 aliphatic carbocycles. The lowest BCUT2D eigenvalue weighted by Gasteiger charge is -2.18. The largest absolute Gasteiger partial charge is 0.356 e. The van der Waals surface area contributed by atoms with Crippen molar-refractivity contribution >= 4 is 41.3 Å². The van der Waals surface area contributed by atoms with Gasteiger partial charge in [0, 0.05) is 37.1 Å². The Bertz CT molecular complexity index is 446. The molecule has 0 bridgehead atoms. The molecule has 1 atom stereocenters. The van der Waals surface area contributed by atoms with Crippen LogP contribution in [-0.2, 0) is 6.42 Å². The second-order valence-electron chi connectivity index (χ2n) is 6.36. The summed E-state index contributed by atoms with van der Waals surface area (Å²) in [5, 5.41) is 10.2. The molecule has 0 radical (unpaired) electrons. The lowest BCUT2D eigenvalue weighted by Crippen LogP contribution is -2.42. The molecule has 0 aliphatic heterocycles. The molecule has 0 spiro atoms. The van der Waals surface area contributed by atoms with Crippen molar-refractivity contribution in [2.24, 2.45) is 10.9 Å². The second kappa shape index (κ2) is 13.0. The molecule has 0 aliphatic rings. The maximum absolute atomic E-state index is 4.49. The van der Waals surface area contributed by atoms with Gasteiger partial charge < -0.3 is 10.6 Å². The Morgan fingerprint density at radius 1 is 1.26 bits per heavy atom. The number of hydrogen-bond acceptors (Lipinski definition) is 3. The van der Waals surface area contributed by atoms with E-state index in [2.05, 4.69) is 46.8 Å². The molecule has 1 aromatic rings. The third-order valence-electron chi connectivity index (χ3n) is 3.55. The van der Waals surface area contributed by atoms with Crippen LogP contribution in [0.15, 0.2) is 10.4 Å². The molecule has 1 unspecified atom stereocenters. The minimum Gasteiger partial charge on any atom is -0.356 e. The third-order valence-corrected chi connectivity index (χ3v) is 4.58. The normalized spacial score (nSPS) is 12.9. The minimum absolute atomic E-state index is 0. The van der Waals surface area contributed by atoms with E-state index in [4.69, 9.17) is 0 Å². The van der Waals surface area contributed by atoms with E-state index in [9.17, 15) is 0 Å². The number of thiazole rings is 1. The quantitative estimate of drug-likeness (QED) is 0.253. The van der Waals surface area contributed by atoms with E-state index in [0.717, 1.165) is 37.0 Å². The molecule has 2 N–H and O–H groups in total. The highest BCUT2D eigenvalue weighted by atomic mass is 127. The van der Waals surface area contributed by atoms with E-state index in [1.165, 1.54) is 24.3 Å². The van der Waals surface area contributed by atoms with Gasteiger partial charge in [-0.1, -0.05) is 26.7 Å². The Hall–Kier alpha value is -0.370. The summed E-state index contributed by atoms with van der Waals surface area (Å²) >= 11 is 1.75. The van der Waals surface area contributed by atoms with E-state index < -0.39 is 0 Å². The first-order valence-electron chi connectivity index (χ1n) is 8.39. The second-order valence-corrected chi connectivity index (χ2v) is 7.30. The summed E-state index contributed by atoms with van der Waals surface area (Å²) in [6.07, 6.45) is 5.87. The molecule has 6 heteroatoms. The van der Waals surface area contributed by atoms with E-state index in [1.807, 2.05) is 14.0 Å². The van der Waals surface area contributed by atoms with Crippen LogP contribution in [-0.4, -0.2) is 30.6 Å². The van der Waals surface area contributed by atoms with Crippen LogP contribution in [0, 0.1) is 12.8 Å². The van der Waals surface area contributed by atoms with Gasteiger partial charge in [-0.25, -0.2) is 4.98 Å². The molecule has 1 heterocycles. The fourth-order valence-corrected chi connectivity index (χ4v) is 3.11. The zero-order valence-corrected chi connectivity index (χ0v) is 18.3. The van der Waals surface area contributed by atoms with Crippen LogP contribution in [0.1, 0.15) is 57.2 Å². The van der Waals surface area contributed by atoms with Gasteiger partial charge in [-0.3, -0.25) is 4.99 Å². The number of rotatable bonds is 9. The molecule has 0 fully saturated rings. The van der Waals surface area contributed by atoms with E-state index in [-0.39, 0.29) is 24.0 Å². The van der Waals surface area contributed by atoms with E-state index in [0.29, 0.717) is 6.04 Å². The standard InChI is InChI=1S/C17H32N4S.HI/c1-13(2)8-6-9-14(3)21-17(18-5)19-11-7-10-16-20-15(4)12-22-16;/h12-14H,6-11H2,1-5H3,(H2,18,19,21);1H. The number of nitrogens with zero attached hydrogens (tertiary/aromatic N) is 2. The van der Waals surface area contributed by atoms with Crippen molar-refractivity contribution in [1.29, 1.82) is 0 Å². The molecule has 0 saturated carbocycles. The summed E-state index contributed by atoms with van der Waals surface area (Å²) in [4.78, 5) is 8.79. The Morgan fingerprint density at radius 2 is 2.00 bits per heavy atom. The predicted octanol–water partition coefficient (Wildman–Crippen LogP) is 4.38. The molecule has 23 heavy (non-hydrogen) atoms. The predicted molar refractivity (Wildman–Crippen MR) is 113 cm³/mol. The molecule has 1 rings (SSSR count). The number of aromatic nitrogens is 1. The van der Waals surface area contributed by atoms with Crippen LogP contribution in [0.5, 0.6) is 0 Å². The SMILES string of the molecule is CN=C(NCCCc1nc(C)cs1)NC(C)CCCC(C)C.I. The van der Waals surface area contributed by atoms with Gasteiger partial charge in [0.25, 0.3) is 0 Å². The summed E-state index contributed by atoms with van der Waals surface area (Å²) in [5.41, 5.74) is 1.13. The summed E-state index contributed by atoms with van der Waals surface area (Å²) < 4.78 is 0. The van der Waals surface area contributed by atoms with Gasteiger partial charge in [0.05, 0.1) is 5.01 Å². The number of aliphatic imine (C=N–C) groups is 1. The summed E-state index contributed by atoms with van der Waals surface area (Å²) in [6, 6.07) is 0.464. The molecule has 134 valence electrons. The van der Waals surface area contributed by atoms with Crippen molar-refractivity contribution in [2.75, 3.05) is 13.6 Å². The van der Waals surface area contributed by atoms with Gasteiger partial charge in [-0.2, -0.15) is 0 Å². The van der Waals surface area contributed by atoms with E-state index in [1.54, 1.807) is 11.3 Å². The van der Waals surface area contributed by atoms with Crippen LogP contribution in [0.25, 0.3) is 0 Å². The van der Waals surface area contributed by atoms with Gasteiger partial charge in [-0.15, -0.1) is 35.3 Å². The van der Waals surface area contributed by atoms with Crippen molar-refractivity contribution in [3.8, 4) is 0 Å². The lowest BCUT2D eigenvalue weighted by atomic mass is 10.0. The maximum Gasteiger partial charge on any atom is 0.191 e. The van der Waals surface area contributed by atoms with Gasteiger partial charge in [0.15, 0.2) is 5.96 Å². The van der Waals surface area contributed by atoms with E-state index >= 15 is 0 Å². The Morgan fingerprint density at radius 3 is 2.57 bits per heavy atom. The number of nitrogens with one attached hydrogen (secondary N) is 2. The molecular weight excluding hydrogens is 419 g/mol. The minimum atomic E-state index is 0. The summed E-state index contributed by atoms with van der Waals surface area (Å²) in [6.45, 7) is 9.76. The fraction of sp³-hybridized carbons (Fsp3) is 0.765. The highest BCUT2D eigenvalue weighted by Gasteiger charge is 2.06. The maximum atomic E-state index is 4.49. The number of halogens is 1. The Balaban J connectivity index is 0.00000484. The zero-order chi connectivity index (χ0) is 16.4. The number of hydrogen-bond donors (Lipinski definition) is 2. The highest BCUT2D eigenvalue weighted by molar-refractivity contribution is 14.0. The first-order chi connectivity index (χ1) is 10.5. The van der Waals surface area contributed by atoms with Crippen molar-refractivity contribution in [2.45, 2.75) is 65.8 Å². The van der Waals surface area contributed by atoms with Crippen molar-refractivity contribution in [3.05, 3.63) is 16.1 Å². The average Bonchev–Trinajstić information content (AvgIpc) is 2.87. The number of guanidine groups is 1. The summed E-state index contributed by atoms with van der Waals surface area (Å²) in [5.74, 6) is 1.70. The van der Waals surface area contributed by atoms with Gasteiger partial charge in [-0.05, 0) is 32.6 Å². The summed E-state index contributed by atoms with van der Waals surface area (Å²) in [7, 11) is 1.83.